The Morgan fingerprint density at radius 3 is 1.78 bits per heavy atom. The van der Waals surface area contributed by atoms with E-state index in [0.717, 1.165) is 25.5 Å². The summed E-state index contributed by atoms with van der Waals surface area (Å²) in [6, 6.07) is 0. The molecular formula is C31H61NO8P+. The number of ether oxygens (including phenoxy) is 1. The van der Waals surface area contributed by atoms with Gasteiger partial charge in [0.1, 0.15) is 31.8 Å². The molecule has 0 aliphatic carbocycles. The monoisotopic (exact) mass is 606 g/mol. The van der Waals surface area contributed by atoms with Gasteiger partial charge in [0, 0.05) is 19.3 Å². The van der Waals surface area contributed by atoms with Crippen LogP contribution in [0, 0.1) is 5.92 Å². The van der Waals surface area contributed by atoms with E-state index < -0.39 is 13.7 Å². The summed E-state index contributed by atoms with van der Waals surface area (Å²) < 4.78 is 28.3. The van der Waals surface area contributed by atoms with Gasteiger partial charge in [0.2, 0.25) is 0 Å². The first kappa shape index (κ1) is 39.9. The number of carbonyl (C=O) groups is 3. The lowest BCUT2D eigenvalue weighted by Crippen LogP contribution is -2.37. The maximum atomic E-state index is 12.7. The van der Waals surface area contributed by atoms with Crippen molar-refractivity contribution < 1.29 is 42.1 Å². The van der Waals surface area contributed by atoms with E-state index in [9.17, 15) is 23.8 Å². The molecular weight excluding hydrogens is 545 g/mol. The summed E-state index contributed by atoms with van der Waals surface area (Å²) in [5, 5.41) is 0. The molecule has 0 aliphatic rings. The van der Waals surface area contributed by atoms with E-state index in [0.29, 0.717) is 30.3 Å². The predicted molar refractivity (Wildman–Crippen MR) is 164 cm³/mol. The van der Waals surface area contributed by atoms with Crippen molar-refractivity contribution in [2.45, 2.75) is 129 Å². The molecule has 0 rings (SSSR count). The van der Waals surface area contributed by atoms with Crippen LogP contribution >= 0.6 is 7.82 Å². The van der Waals surface area contributed by atoms with Crippen LogP contribution in [0.4, 0.5) is 0 Å². The van der Waals surface area contributed by atoms with Crippen LogP contribution in [0.3, 0.4) is 0 Å². The Kier molecular flexibility index (Phi) is 24.7. The lowest BCUT2D eigenvalue weighted by atomic mass is 10.0. The average molecular weight is 607 g/mol. The molecule has 0 saturated carbocycles. The fourth-order valence-corrected chi connectivity index (χ4v) is 5.10. The minimum Gasteiger partial charge on any atom is -0.465 e. The number of ketones is 1. The number of phosphoric acid groups is 1. The average Bonchev–Trinajstić information content (AvgIpc) is 2.90. The molecule has 0 aromatic carbocycles. The van der Waals surface area contributed by atoms with E-state index in [1.54, 1.807) is 0 Å². The van der Waals surface area contributed by atoms with Crippen LogP contribution in [0.25, 0.3) is 0 Å². The van der Waals surface area contributed by atoms with Crippen LogP contribution in [0.5, 0.6) is 0 Å². The van der Waals surface area contributed by atoms with Gasteiger partial charge < -0.3 is 18.9 Å². The van der Waals surface area contributed by atoms with E-state index in [1.165, 1.54) is 70.6 Å². The van der Waals surface area contributed by atoms with E-state index in [1.807, 2.05) is 21.1 Å². The minimum atomic E-state index is -4.35. The van der Waals surface area contributed by atoms with Gasteiger partial charge in [-0.05, 0) is 19.3 Å². The van der Waals surface area contributed by atoms with Crippen molar-refractivity contribution in [2.75, 3.05) is 47.5 Å². The number of Topliss-reactive ketones (excluding diaryl/α,β-unsaturated/α-hetero) is 1. The second-order valence-electron chi connectivity index (χ2n) is 12.2. The summed E-state index contributed by atoms with van der Waals surface area (Å²) >= 11 is 0. The summed E-state index contributed by atoms with van der Waals surface area (Å²) in [6.45, 7) is 2.19. The Hall–Kier alpha value is -1.12. The van der Waals surface area contributed by atoms with Gasteiger partial charge in [-0.3, -0.25) is 18.6 Å². The molecule has 0 aromatic heterocycles. The number of hydrogen-bond acceptors (Lipinski definition) is 7. The van der Waals surface area contributed by atoms with Crippen molar-refractivity contribution in [1.82, 2.24) is 0 Å². The molecule has 1 N–H and O–H groups in total. The van der Waals surface area contributed by atoms with Crippen LogP contribution in [0.2, 0.25) is 0 Å². The number of phosphoric ester groups is 1. The number of quaternary nitrogens is 1. The van der Waals surface area contributed by atoms with Gasteiger partial charge >= 0.3 is 13.8 Å². The zero-order valence-corrected chi connectivity index (χ0v) is 27.5. The zero-order valence-electron chi connectivity index (χ0n) is 26.6. The van der Waals surface area contributed by atoms with Gasteiger partial charge in [-0.15, -0.1) is 0 Å². The smallest absolute Gasteiger partial charge is 0.465 e. The first-order valence-corrected chi connectivity index (χ1v) is 17.5. The normalized spacial score (nSPS) is 14.0. The number of likely N-dealkylation sites (N-methyl/N-ethyl adjacent to an activating group) is 1. The molecule has 242 valence electrons. The third-order valence-corrected chi connectivity index (χ3v) is 8.07. The first-order valence-electron chi connectivity index (χ1n) is 16.0. The maximum Gasteiger partial charge on any atom is 0.472 e. The Morgan fingerprint density at radius 2 is 1.27 bits per heavy atom. The minimum absolute atomic E-state index is 0.0236. The fourth-order valence-electron chi connectivity index (χ4n) is 4.35. The summed E-state index contributed by atoms with van der Waals surface area (Å²) in [5.74, 6) is -1.48. The standard InChI is InChI=1S/C31H60NO8P/c1-5-6-7-8-9-10-11-12-13-14-15-16-17-20-23-31(35)38-27-29(30(34)22-19-18-21-25-33)28-40-41(36,37)39-26-24-32(2,3)4/h25,29H,5-24,26-28H2,1-4H3/p+1. The number of unbranched alkanes of at least 4 members (excludes halogenated alkanes) is 15. The first-order chi connectivity index (χ1) is 19.5. The molecule has 0 bridgehead atoms. The SMILES string of the molecule is CCCCCCCCCCCCCCCCC(=O)OCC(COP(=O)(O)OCC[N+](C)(C)C)C(=O)CCCCC=O. The van der Waals surface area contributed by atoms with Crippen molar-refractivity contribution in [3.8, 4) is 0 Å². The van der Waals surface area contributed by atoms with Crippen LogP contribution < -0.4 is 0 Å². The van der Waals surface area contributed by atoms with Crippen LogP contribution in [-0.4, -0.2) is 74.9 Å². The van der Waals surface area contributed by atoms with Crippen molar-refractivity contribution in [1.29, 1.82) is 0 Å². The third-order valence-electron chi connectivity index (χ3n) is 7.09. The van der Waals surface area contributed by atoms with E-state index in [2.05, 4.69) is 6.92 Å². The summed E-state index contributed by atoms with van der Waals surface area (Å²) in [4.78, 5) is 45.5. The maximum absolute atomic E-state index is 12.7. The second-order valence-corrected chi connectivity index (χ2v) is 13.7. The molecule has 0 spiro atoms. The van der Waals surface area contributed by atoms with Crippen molar-refractivity contribution in [2.24, 2.45) is 5.92 Å². The van der Waals surface area contributed by atoms with E-state index >= 15 is 0 Å². The molecule has 2 atom stereocenters. The lowest BCUT2D eigenvalue weighted by Gasteiger charge is -2.24. The highest BCUT2D eigenvalue weighted by molar-refractivity contribution is 7.47. The molecule has 2 unspecified atom stereocenters. The van der Waals surface area contributed by atoms with Crippen LogP contribution in [0.15, 0.2) is 0 Å². The van der Waals surface area contributed by atoms with Crippen LogP contribution in [-0.2, 0) is 32.7 Å². The molecule has 0 aromatic rings. The molecule has 9 nitrogen and oxygen atoms in total. The number of aldehydes is 1. The van der Waals surface area contributed by atoms with Gasteiger partial charge in [-0.25, -0.2) is 4.57 Å². The zero-order chi connectivity index (χ0) is 30.8. The highest BCUT2D eigenvalue weighted by Gasteiger charge is 2.28. The van der Waals surface area contributed by atoms with Crippen LogP contribution in [0.1, 0.15) is 129 Å². The molecule has 10 heteroatoms. The largest absolute Gasteiger partial charge is 0.472 e. The highest BCUT2D eigenvalue weighted by Crippen LogP contribution is 2.43. The van der Waals surface area contributed by atoms with Crippen molar-refractivity contribution in [3.63, 3.8) is 0 Å². The number of carbonyl (C=O) groups excluding carboxylic acids is 3. The molecule has 0 saturated heterocycles. The Balaban J connectivity index is 4.25. The number of nitrogens with zero attached hydrogens (tertiary/aromatic N) is 1. The van der Waals surface area contributed by atoms with Gasteiger partial charge in [-0.2, -0.15) is 0 Å². The number of rotatable bonds is 30. The Bertz CT molecular complexity index is 725. The third kappa shape index (κ3) is 27.5. The van der Waals surface area contributed by atoms with Crippen molar-refractivity contribution >= 4 is 25.9 Å². The van der Waals surface area contributed by atoms with E-state index in [4.69, 9.17) is 13.8 Å². The quantitative estimate of drug-likeness (QED) is 0.0300. The van der Waals surface area contributed by atoms with Gasteiger partial charge in [0.15, 0.2) is 0 Å². The number of esters is 1. The molecule has 0 heterocycles. The summed E-state index contributed by atoms with van der Waals surface area (Å²) in [7, 11) is 1.44. The second kappa shape index (κ2) is 25.4. The van der Waals surface area contributed by atoms with Gasteiger partial charge in [0.05, 0.1) is 33.7 Å². The summed E-state index contributed by atoms with van der Waals surface area (Å²) in [5.41, 5.74) is 0. The molecule has 41 heavy (non-hydrogen) atoms. The lowest BCUT2D eigenvalue weighted by molar-refractivity contribution is -0.870. The molecule has 0 aliphatic heterocycles. The highest BCUT2D eigenvalue weighted by atomic mass is 31.2. The molecule has 0 fully saturated rings. The van der Waals surface area contributed by atoms with Crippen molar-refractivity contribution in [3.05, 3.63) is 0 Å². The Morgan fingerprint density at radius 1 is 0.756 bits per heavy atom. The van der Waals surface area contributed by atoms with Gasteiger partial charge in [0.25, 0.3) is 0 Å². The predicted octanol–water partition coefficient (Wildman–Crippen LogP) is 7.19. The van der Waals surface area contributed by atoms with E-state index in [-0.39, 0.29) is 44.4 Å². The Labute approximate surface area is 250 Å². The molecule has 0 radical (unpaired) electrons. The summed E-state index contributed by atoms with van der Waals surface area (Å²) in [6.07, 6.45) is 20.0. The topological polar surface area (TPSA) is 116 Å². The fraction of sp³-hybridized carbons (Fsp3) is 0.903. The number of hydrogen-bond donors (Lipinski definition) is 1. The molecule has 0 amide bonds. The van der Waals surface area contributed by atoms with Gasteiger partial charge in [-0.1, -0.05) is 90.4 Å².